The molecule has 0 aliphatic carbocycles. The van der Waals surface area contributed by atoms with Crippen molar-refractivity contribution in [2.75, 3.05) is 42.1 Å². The van der Waals surface area contributed by atoms with E-state index in [0.717, 1.165) is 0 Å². The highest BCUT2D eigenvalue weighted by molar-refractivity contribution is 5.88. The van der Waals surface area contributed by atoms with Crippen molar-refractivity contribution in [2.45, 2.75) is 13.8 Å². The molecule has 1 aliphatic heterocycles. The van der Waals surface area contributed by atoms with Crippen molar-refractivity contribution in [1.29, 1.82) is 0 Å². The topological polar surface area (TPSA) is 91.6 Å². The van der Waals surface area contributed by atoms with E-state index in [-0.39, 0.29) is 11.8 Å². The fourth-order valence-corrected chi connectivity index (χ4v) is 2.20. The van der Waals surface area contributed by atoms with Gasteiger partial charge in [-0.05, 0) is 12.1 Å². The van der Waals surface area contributed by atoms with E-state index in [1.807, 2.05) is 4.90 Å². The van der Waals surface area contributed by atoms with Crippen LogP contribution in [0.1, 0.15) is 13.8 Å². The second-order valence-corrected chi connectivity index (χ2v) is 4.78. The van der Waals surface area contributed by atoms with Crippen LogP contribution in [0.2, 0.25) is 0 Å². The van der Waals surface area contributed by atoms with Gasteiger partial charge in [0.25, 0.3) is 0 Å². The van der Waals surface area contributed by atoms with Gasteiger partial charge in [-0.25, -0.2) is 4.98 Å². The summed E-state index contributed by atoms with van der Waals surface area (Å²) in [5, 5.41) is 2.64. The lowest BCUT2D eigenvalue weighted by atomic mass is 10.2. The number of nitrogen functional groups attached to an aromatic ring is 1. The van der Waals surface area contributed by atoms with Gasteiger partial charge in [-0.1, -0.05) is 0 Å². The fourth-order valence-electron chi connectivity index (χ4n) is 2.20. The lowest BCUT2D eigenvalue weighted by Crippen LogP contribution is -2.48. The Hall–Kier alpha value is -2.31. The van der Waals surface area contributed by atoms with E-state index < -0.39 is 0 Å². The average molecular weight is 277 g/mol. The highest BCUT2D eigenvalue weighted by atomic mass is 16.2. The predicted octanol–water partition coefficient (Wildman–Crippen LogP) is 0.291. The van der Waals surface area contributed by atoms with Crippen LogP contribution in [0.15, 0.2) is 12.1 Å². The van der Waals surface area contributed by atoms with Gasteiger partial charge in [0.15, 0.2) is 5.82 Å². The van der Waals surface area contributed by atoms with E-state index in [0.29, 0.717) is 43.5 Å². The molecule has 2 rings (SSSR count). The molecule has 0 unspecified atom stereocenters. The molecular formula is C13H19N5O2. The molecule has 0 spiro atoms. The molecule has 1 aromatic heterocycles. The summed E-state index contributed by atoms with van der Waals surface area (Å²) in [6.45, 7) is 5.67. The summed E-state index contributed by atoms with van der Waals surface area (Å²) in [5.41, 5.74) is 6.51. The molecule has 0 bridgehead atoms. The summed E-state index contributed by atoms with van der Waals surface area (Å²) < 4.78 is 0. The number of rotatable bonds is 2. The van der Waals surface area contributed by atoms with Gasteiger partial charge in [0.05, 0.1) is 5.69 Å². The van der Waals surface area contributed by atoms with Gasteiger partial charge in [-0.2, -0.15) is 0 Å². The first kappa shape index (κ1) is 14.1. The third-order valence-electron chi connectivity index (χ3n) is 3.23. The number of piperazine rings is 1. The van der Waals surface area contributed by atoms with Crippen LogP contribution in [0.25, 0.3) is 0 Å². The number of carbonyl (C=O) groups is 2. The van der Waals surface area contributed by atoms with E-state index in [2.05, 4.69) is 10.3 Å². The zero-order valence-corrected chi connectivity index (χ0v) is 11.7. The van der Waals surface area contributed by atoms with E-state index in [9.17, 15) is 9.59 Å². The number of carbonyl (C=O) groups excluding carboxylic acids is 2. The van der Waals surface area contributed by atoms with Gasteiger partial charge < -0.3 is 20.9 Å². The molecule has 7 heteroatoms. The van der Waals surface area contributed by atoms with Crippen LogP contribution in [-0.2, 0) is 9.59 Å². The Labute approximate surface area is 117 Å². The van der Waals surface area contributed by atoms with E-state index in [1.165, 1.54) is 6.92 Å². The number of aromatic nitrogens is 1. The van der Waals surface area contributed by atoms with Crippen LogP contribution in [-0.4, -0.2) is 47.9 Å². The second-order valence-electron chi connectivity index (χ2n) is 4.78. The number of nitrogens with one attached hydrogen (secondary N) is 1. The van der Waals surface area contributed by atoms with Crippen molar-refractivity contribution < 1.29 is 9.59 Å². The number of hydrogen-bond acceptors (Lipinski definition) is 5. The first-order valence-electron chi connectivity index (χ1n) is 6.52. The maximum absolute atomic E-state index is 11.3. The Kier molecular flexibility index (Phi) is 4.07. The molecule has 2 amide bonds. The molecule has 108 valence electrons. The third kappa shape index (κ3) is 3.17. The molecule has 1 fully saturated rings. The standard InChI is InChI=1S/C13H19N5O2/c1-9(19)15-12-4-3-11(14)13(16-12)18-7-5-17(6-8-18)10(2)20/h3-4H,5-8,14H2,1-2H3,(H,15,16,19). The van der Waals surface area contributed by atoms with Gasteiger partial charge in [-0.15, -0.1) is 0 Å². The summed E-state index contributed by atoms with van der Waals surface area (Å²) >= 11 is 0. The summed E-state index contributed by atoms with van der Waals surface area (Å²) in [4.78, 5) is 30.6. The predicted molar refractivity (Wildman–Crippen MR) is 77.4 cm³/mol. The Balaban J connectivity index is 2.12. The van der Waals surface area contributed by atoms with E-state index in [1.54, 1.807) is 24.0 Å². The van der Waals surface area contributed by atoms with E-state index in [4.69, 9.17) is 5.73 Å². The molecule has 0 aromatic carbocycles. The van der Waals surface area contributed by atoms with Crippen LogP contribution in [0.4, 0.5) is 17.3 Å². The normalized spacial score (nSPS) is 15.1. The van der Waals surface area contributed by atoms with Gasteiger partial charge in [0.2, 0.25) is 11.8 Å². The van der Waals surface area contributed by atoms with Crippen molar-refractivity contribution in [3.05, 3.63) is 12.1 Å². The lowest BCUT2D eigenvalue weighted by molar-refractivity contribution is -0.129. The summed E-state index contributed by atoms with van der Waals surface area (Å²) in [7, 11) is 0. The minimum Gasteiger partial charge on any atom is -0.396 e. The molecule has 0 atom stereocenters. The van der Waals surface area contributed by atoms with Crippen LogP contribution in [0, 0.1) is 0 Å². The maximum Gasteiger partial charge on any atom is 0.222 e. The Morgan fingerprint density at radius 1 is 1.20 bits per heavy atom. The molecule has 1 aliphatic rings. The van der Waals surface area contributed by atoms with Crippen LogP contribution in [0.3, 0.4) is 0 Å². The molecule has 7 nitrogen and oxygen atoms in total. The third-order valence-corrected chi connectivity index (χ3v) is 3.23. The SMILES string of the molecule is CC(=O)Nc1ccc(N)c(N2CCN(C(C)=O)CC2)n1. The summed E-state index contributed by atoms with van der Waals surface area (Å²) in [6, 6.07) is 3.40. The van der Waals surface area contributed by atoms with Gasteiger partial charge in [-0.3, -0.25) is 9.59 Å². The van der Waals surface area contributed by atoms with Crippen molar-refractivity contribution in [2.24, 2.45) is 0 Å². The Bertz CT molecular complexity index is 523. The Morgan fingerprint density at radius 3 is 2.40 bits per heavy atom. The lowest BCUT2D eigenvalue weighted by Gasteiger charge is -2.35. The van der Waals surface area contributed by atoms with Gasteiger partial charge >= 0.3 is 0 Å². The minimum absolute atomic E-state index is 0.0811. The number of anilines is 3. The van der Waals surface area contributed by atoms with Crippen LogP contribution < -0.4 is 16.0 Å². The molecule has 20 heavy (non-hydrogen) atoms. The molecule has 2 heterocycles. The molecule has 0 radical (unpaired) electrons. The first-order valence-corrected chi connectivity index (χ1v) is 6.52. The zero-order valence-electron chi connectivity index (χ0n) is 11.7. The molecule has 0 saturated carbocycles. The smallest absolute Gasteiger partial charge is 0.222 e. The Morgan fingerprint density at radius 2 is 1.85 bits per heavy atom. The molecule has 3 N–H and O–H groups in total. The second kappa shape index (κ2) is 5.77. The molecular weight excluding hydrogens is 258 g/mol. The largest absolute Gasteiger partial charge is 0.396 e. The monoisotopic (exact) mass is 277 g/mol. The van der Waals surface area contributed by atoms with Crippen LogP contribution in [0.5, 0.6) is 0 Å². The number of nitrogens with zero attached hydrogens (tertiary/aromatic N) is 3. The molecule has 1 saturated heterocycles. The minimum atomic E-state index is -0.172. The number of hydrogen-bond donors (Lipinski definition) is 2. The fraction of sp³-hybridized carbons (Fsp3) is 0.462. The van der Waals surface area contributed by atoms with Gasteiger partial charge in [0.1, 0.15) is 5.82 Å². The van der Waals surface area contributed by atoms with E-state index >= 15 is 0 Å². The summed E-state index contributed by atoms with van der Waals surface area (Å²) in [6.07, 6.45) is 0. The van der Waals surface area contributed by atoms with Crippen molar-refractivity contribution >= 4 is 29.1 Å². The van der Waals surface area contributed by atoms with Crippen molar-refractivity contribution in [1.82, 2.24) is 9.88 Å². The highest BCUT2D eigenvalue weighted by Gasteiger charge is 2.21. The number of nitrogens with two attached hydrogens (primary N) is 1. The quantitative estimate of drug-likeness (QED) is 0.810. The highest BCUT2D eigenvalue weighted by Crippen LogP contribution is 2.24. The maximum atomic E-state index is 11.3. The van der Waals surface area contributed by atoms with Crippen molar-refractivity contribution in [3.63, 3.8) is 0 Å². The van der Waals surface area contributed by atoms with Crippen LogP contribution >= 0.6 is 0 Å². The number of pyridine rings is 1. The average Bonchev–Trinajstić information content (AvgIpc) is 2.40. The number of amides is 2. The van der Waals surface area contributed by atoms with Crippen molar-refractivity contribution in [3.8, 4) is 0 Å². The van der Waals surface area contributed by atoms with Gasteiger partial charge in [0, 0.05) is 40.0 Å². The zero-order chi connectivity index (χ0) is 14.7. The molecule has 1 aromatic rings. The summed E-state index contributed by atoms with van der Waals surface area (Å²) in [5.74, 6) is 1.04. The first-order chi connectivity index (χ1) is 9.47.